The van der Waals surface area contributed by atoms with Gasteiger partial charge in [0.15, 0.2) is 12.4 Å². The summed E-state index contributed by atoms with van der Waals surface area (Å²) >= 11 is 0. The number of carbonyl (C=O) groups is 1. The highest BCUT2D eigenvalue weighted by atomic mass is 19.1. The lowest BCUT2D eigenvalue weighted by molar-refractivity contribution is -0.172. The molecule has 0 aromatic carbocycles. The van der Waals surface area contributed by atoms with Crippen LogP contribution in [0.1, 0.15) is 6.92 Å². The van der Waals surface area contributed by atoms with Crippen molar-refractivity contribution in [3.63, 3.8) is 0 Å². The van der Waals surface area contributed by atoms with Crippen molar-refractivity contribution in [3.8, 4) is 0 Å². The van der Waals surface area contributed by atoms with Crippen molar-refractivity contribution in [1.29, 1.82) is 0 Å². The fraction of sp³-hybridized carbons (Fsp3) is 0.700. The molecule has 1 amide bonds. The molecule has 2 rings (SSSR count). The van der Waals surface area contributed by atoms with Crippen LogP contribution in [-0.2, 0) is 9.53 Å². The van der Waals surface area contributed by atoms with Gasteiger partial charge in [-0.15, -0.1) is 0 Å². The van der Waals surface area contributed by atoms with Gasteiger partial charge in [-0.05, 0) is 6.92 Å². The zero-order valence-electron chi connectivity index (χ0n) is 9.65. The molecular weight excluding hydrogens is 247 g/mol. The fourth-order valence-electron chi connectivity index (χ4n) is 2.08. The predicted molar refractivity (Wildman–Crippen MR) is 56.4 cm³/mol. The molecule has 1 fully saturated rings. The summed E-state index contributed by atoms with van der Waals surface area (Å²) in [6.07, 6.45) is -3.30. The first-order valence-corrected chi connectivity index (χ1v) is 5.45. The van der Waals surface area contributed by atoms with Crippen molar-refractivity contribution in [2.75, 3.05) is 6.61 Å². The summed E-state index contributed by atoms with van der Waals surface area (Å²) in [7, 11) is 0. The number of aliphatic hydroxyl groups is 3. The van der Waals surface area contributed by atoms with Crippen molar-refractivity contribution in [2.24, 2.45) is 0 Å². The van der Waals surface area contributed by atoms with E-state index in [0.717, 1.165) is 11.0 Å². The van der Waals surface area contributed by atoms with Gasteiger partial charge in [-0.3, -0.25) is 4.79 Å². The molecule has 1 saturated heterocycles. The average Bonchev–Trinajstić information content (AvgIpc) is 2.52. The smallest absolute Gasteiger partial charge is 0.248 e. The SMILES string of the molecule is CC1(O)C(F)C(CO)OC1N1C=CC(=O)NC1O. The molecule has 2 heterocycles. The van der Waals surface area contributed by atoms with Crippen LogP contribution in [0.4, 0.5) is 4.39 Å². The van der Waals surface area contributed by atoms with Gasteiger partial charge < -0.3 is 30.3 Å². The van der Waals surface area contributed by atoms with Gasteiger partial charge in [-0.25, -0.2) is 4.39 Å². The molecule has 0 radical (unpaired) electrons. The molecule has 7 nitrogen and oxygen atoms in total. The third-order valence-corrected chi connectivity index (χ3v) is 3.09. The molecule has 2 aliphatic rings. The molecule has 0 bridgehead atoms. The molecule has 4 N–H and O–H groups in total. The van der Waals surface area contributed by atoms with Crippen molar-refractivity contribution in [2.45, 2.75) is 37.4 Å². The standard InChI is InChI=1S/C10H15FN2O5/c1-10(17)7(11)5(4-14)18-8(10)13-3-2-6(15)12-9(13)16/h2-3,5,7-9,14,16-17H,4H2,1H3,(H,12,15). The van der Waals surface area contributed by atoms with Crippen LogP contribution in [0.25, 0.3) is 0 Å². The predicted octanol–water partition coefficient (Wildman–Crippen LogP) is -1.99. The summed E-state index contributed by atoms with van der Waals surface area (Å²) in [5.41, 5.74) is -1.92. The zero-order chi connectivity index (χ0) is 13.5. The normalized spacial score (nSPS) is 44.3. The lowest BCUT2D eigenvalue weighted by Gasteiger charge is -2.38. The molecule has 18 heavy (non-hydrogen) atoms. The molecule has 0 aromatic heterocycles. The van der Waals surface area contributed by atoms with Crippen molar-refractivity contribution < 1.29 is 29.2 Å². The van der Waals surface area contributed by atoms with Gasteiger partial charge in [0.2, 0.25) is 12.3 Å². The second kappa shape index (κ2) is 4.47. The van der Waals surface area contributed by atoms with Gasteiger partial charge >= 0.3 is 0 Å². The third kappa shape index (κ3) is 1.97. The van der Waals surface area contributed by atoms with Crippen LogP contribution >= 0.6 is 0 Å². The molecule has 0 saturated carbocycles. The number of alkyl halides is 1. The molecular formula is C10H15FN2O5. The van der Waals surface area contributed by atoms with Gasteiger partial charge in [0, 0.05) is 12.3 Å². The number of halogens is 1. The summed E-state index contributed by atoms with van der Waals surface area (Å²) in [5.74, 6) is -0.508. The summed E-state index contributed by atoms with van der Waals surface area (Å²) in [5, 5.41) is 30.8. The van der Waals surface area contributed by atoms with E-state index in [1.807, 2.05) is 0 Å². The number of rotatable bonds is 2. The molecule has 5 unspecified atom stereocenters. The summed E-state index contributed by atoms with van der Waals surface area (Å²) in [6, 6.07) is 0. The first-order valence-electron chi connectivity index (χ1n) is 5.45. The van der Waals surface area contributed by atoms with E-state index in [9.17, 15) is 19.4 Å². The molecule has 102 valence electrons. The largest absolute Gasteiger partial charge is 0.394 e. The van der Waals surface area contributed by atoms with Crippen molar-refractivity contribution in [3.05, 3.63) is 12.3 Å². The number of hydrogen-bond acceptors (Lipinski definition) is 6. The average molecular weight is 262 g/mol. The molecule has 2 aliphatic heterocycles. The quantitative estimate of drug-likeness (QED) is 0.460. The summed E-state index contributed by atoms with van der Waals surface area (Å²) < 4.78 is 19.0. The summed E-state index contributed by atoms with van der Waals surface area (Å²) in [6.45, 7) is 0.614. The number of hydrogen-bond donors (Lipinski definition) is 4. The highest BCUT2D eigenvalue weighted by Gasteiger charge is 2.56. The Morgan fingerprint density at radius 2 is 2.33 bits per heavy atom. The van der Waals surface area contributed by atoms with Crippen LogP contribution < -0.4 is 5.32 Å². The van der Waals surface area contributed by atoms with E-state index in [1.165, 1.54) is 13.1 Å². The zero-order valence-corrected chi connectivity index (χ0v) is 9.65. The Morgan fingerprint density at radius 1 is 1.67 bits per heavy atom. The Bertz CT molecular complexity index is 375. The number of nitrogens with zero attached hydrogens (tertiary/aromatic N) is 1. The molecule has 5 atom stereocenters. The Balaban J connectivity index is 2.23. The van der Waals surface area contributed by atoms with Gasteiger partial charge in [0.05, 0.1) is 6.61 Å². The molecule has 0 spiro atoms. The lowest BCUT2D eigenvalue weighted by atomic mass is 9.97. The minimum atomic E-state index is -1.92. The van der Waals surface area contributed by atoms with Crippen LogP contribution in [0.5, 0.6) is 0 Å². The van der Waals surface area contributed by atoms with Gasteiger partial charge in [-0.2, -0.15) is 0 Å². The van der Waals surface area contributed by atoms with E-state index in [2.05, 4.69) is 5.32 Å². The Morgan fingerprint density at radius 3 is 2.83 bits per heavy atom. The molecule has 8 heteroatoms. The fourth-order valence-corrected chi connectivity index (χ4v) is 2.08. The monoisotopic (exact) mass is 262 g/mol. The first kappa shape index (κ1) is 13.2. The van der Waals surface area contributed by atoms with E-state index >= 15 is 0 Å². The maximum absolute atomic E-state index is 13.8. The molecule has 0 aromatic rings. The van der Waals surface area contributed by atoms with E-state index in [4.69, 9.17) is 9.84 Å². The third-order valence-electron chi connectivity index (χ3n) is 3.09. The number of carbonyl (C=O) groups excluding carboxylic acids is 1. The van der Waals surface area contributed by atoms with Crippen LogP contribution in [0.15, 0.2) is 12.3 Å². The molecule has 0 aliphatic carbocycles. The first-order chi connectivity index (χ1) is 8.37. The number of amides is 1. The Kier molecular flexibility index (Phi) is 3.28. The number of aliphatic hydroxyl groups excluding tert-OH is 2. The van der Waals surface area contributed by atoms with Crippen molar-refractivity contribution >= 4 is 5.91 Å². The van der Waals surface area contributed by atoms with E-state index in [1.54, 1.807) is 0 Å². The van der Waals surface area contributed by atoms with E-state index < -0.39 is 43.0 Å². The summed E-state index contributed by atoms with van der Waals surface area (Å²) in [4.78, 5) is 12.1. The van der Waals surface area contributed by atoms with Crippen LogP contribution in [0.2, 0.25) is 0 Å². The Labute approximate surface area is 102 Å². The second-order valence-corrected chi connectivity index (χ2v) is 4.48. The van der Waals surface area contributed by atoms with Gasteiger partial charge in [0.1, 0.15) is 11.7 Å². The van der Waals surface area contributed by atoms with Gasteiger partial charge in [0.25, 0.3) is 0 Å². The maximum Gasteiger partial charge on any atom is 0.248 e. The minimum Gasteiger partial charge on any atom is -0.394 e. The lowest BCUT2D eigenvalue weighted by Crippen LogP contribution is -2.59. The van der Waals surface area contributed by atoms with Gasteiger partial charge in [-0.1, -0.05) is 0 Å². The van der Waals surface area contributed by atoms with E-state index in [0.29, 0.717) is 0 Å². The Hall–Kier alpha value is -1.22. The topological polar surface area (TPSA) is 102 Å². The minimum absolute atomic E-state index is 0.508. The second-order valence-electron chi connectivity index (χ2n) is 4.48. The van der Waals surface area contributed by atoms with Crippen LogP contribution in [0, 0.1) is 0 Å². The highest BCUT2D eigenvalue weighted by Crippen LogP contribution is 2.36. The van der Waals surface area contributed by atoms with Crippen molar-refractivity contribution in [1.82, 2.24) is 10.2 Å². The maximum atomic E-state index is 13.8. The van der Waals surface area contributed by atoms with Crippen LogP contribution in [0.3, 0.4) is 0 Å². The highest BCUT2D eigenvalue weighted by molar-refractivity contribution is 5.88. The van der Waals surface area contributed by atoms with Crippen LogP contribution in [-0.4, -0.2) is 63.2 Å². The van der Waals surface area contributed by atoms with E-state index in [-0.39, 0.29) is 0 Å². The number of nitrogens with one attached hydrogen (secondary N) is 1. The number of ether oxygens (including phenoxy) is 1.